The van der Waals surface area contributed by atoms with Crippen molar-refractivity contribution < 1.29 is 9.90 Å². The zero-order valence-corrected chi connectivity index (χ0v) is 19.3. The molecule has 1 aromatic heterocycles. The van der Waals surface area contributed by atoms with Crippen LogP contribution in [-0.4, -0.2) is 83.1 Å². The first-order valence-corrected chi connectivity index (χ1v) is 12.0. The van der Waals surface area contributed by atoms with E-state index >= 15 is 0 Å². The molecule has 2 fully saturated rings. The molecule has 0 saturated carbocycles. The van der Waals surface area contributed by atoms with E-state index in [1.807, 2.05) is 54.6 Å². The number of piperazine rings is 1. The summed E-state index contributed by atoms with van der Waals surface area (Å²) >= 11 is 0. The molecule has 0 unspecified atom stereocenters. The maximum Gasteiger partial charge on any atom is 0.336 e. The van der Waals surface area contributed by atoms with Gasteiger partial charge in [-0.2, -0.15) is 0 Å². The molecule has 3 heterocycles. The molecule has 6 heteroatoms. The van der Waals surface area contributed by atoms with Gasteiger partial charge >= 0.3 is 5.97 Å². The van der Waals surface area contributed by atoms with Crippen LogP contribution in [0, 0.1) is 0 Å². The van der Waals surface area contributed by atoms with Crippen LogP contribution in [0.3, 0.4) is 0 Å². The van der Waals surface area contributed by atoms with E-state index in [2.05, 4.69) is 21.7 Å². The van der Waals surface area contributed by atoms with E-state index in [4.69, 9.17) is 4.98 Å². The number of hydrogen-bond donors (Lipinski definition) is 1. The van der Waals surface area contributed by atoms with Gasteiger partial charge in [0.25, 0.3) is 0 Å². The van der Waals surface area contributed by atoms with E-state index in [9.17, 15) is 9.90 Å². The third kappa shape index (κ3) is 4.64. The van der Waals surface area contributed by atoms with Crippen LogP contribution in [0.1, 0.15) is 28.8 Å². The molecule has 5 rings (SSSR count). The van der Waals surface area contributed by atoms with Crippen molar-refractivity contribution in [3.8, 4) is 11.3 Å². The number of piperidine rings is 1. The number of pyridine rings is 1. The van der Waals surface area contributed by atoms with E-state index < -0.39 is 5.97 Å². The van der Waals surface area contributed by atoms with Gasteiger partial charge in [-0.25, -0.2) is 9.78 Å². The number of likely N-dealkylation sites (tertiary alicyclic amines) is 1. The zero-order valence-electron chi connectivity index (χ0n) is 19.3. The van der Waals surface area contributed by atoms with Crippen molar-refractivity contribution in [2.45, 2.75) is 25.4 Å². The molecule has 1 N–H and O–H groups in total. The Labute approximate surface area is 195 Å². The predicted octanol–water partition coefficient (Wildman–Crippen LogP) is 3.81. The van der Waals surface area contributed by atoms with Gasteiger partial charge in [-0.3, -0.25) is 9.80 Å². The van der Waals surface area contributed by atoms with Crippen LogP contribution < -0.4 is 0 Å². The van der Waals surface area contributed by atoms with Gasteiger partial charge in [0, 0.05) is 55.3 Å². The largest absolute Gasteiger partial charge is 0.478 e. The minimum atomic E-state index is -0.884. The molecule has 0 spiro atoms. The molecule has 2 saturated heterocycles. The summed E-state index contributed by atoms with van der Waals surface area (Å²) in [5, 5.41) is 11.0. The topological polar surface area (TPSA) is 59.9 Å². The highest BCUT2D eigenvalue weighted by atomic mass is 16.4. The normalized spacial score (nSPS) is 19.2. The lowest BCUT2D eigenvalue weighted by atomic mass is 9.96. The molecular formula is C27H32N4O2. The van der Waals surface area contributed by atoms with E-state index in [0.29, 0.717) is 23.5 Å². The standard InChI is InChI=1S/C27H32N4O2/c1-29-13-11-21(12-14-29)31-17-15-30(16-18-31)19-23-25(27(32)33)22-9-5-6-10-24(22)28-26(23)20-7-3-2-4-8-20/h2-10,21H,11-19H2,1H3,(H,32,33). The second-order valence-corrected chi connectivity index (χ2v) is 9.35. The lowest BCUT2D eigenvalue weighted by Gasteiger charge is -2.42. The summed E-state index contributed by atoms with van der Waals surface area (Å²) in [5.41, 5.74) is 3.68. The summed E-state index contributed by atoms with van der Waals surface area (Å²) in [6.07, 6.45) is 2.48. The number of carbonyl (C=O) groups is 1. The van der Waals surface area contributed by atoms with Crippen LogP contribution in [0.15, 0.2) is 54.6 Å². The zero-order chi connectivity index (χ0) is 22.8. The Hall–Kier alpha value is -2.80. The van der Waals surface area contributed by atoms with Crippen molar-refractivity contribution in [1.82, 2.24) is 19.7 Å². The minimum absolute atomic E-state index is 0.386. The average Bonchev–Trinajstić information content (AvgIpc) is 2.85. The number of benzene rings is 2. The van der Waals surface area contributed by atoms with Crippen LogP contribution in [-0.2, 0) is 6.54 Å². The maximum absolute atomic E-state index is 12.5. The fourth-order valence-electron chi connectivity index (χ4n) is 5.35. The Kier molecular flexibility index (Phi) is 6.40. The molecule has 3 aromatic rings. The summed E-state index contributed by atoms with van der Waals surface area (Å²) in [6, 6.07) is 18.2. The van der Waals surface area contributed by atoms with Gasteiger partial charge in [-0.15, -0.1) is 0 Å². The van der Waals surface area contributed by atoms with Crippen molar-refractivity contribution in [3.63, 3.8) is 0 Å². The van der Waals surface area contributed by atoms with Crippen LogP contribution in [0.5, 0.6) is 0 Å². The Morgan fingerprint density at radius 3 is 2.30 bits per heavy atom. The Balaban J connectivity index is 1.44. The van der Waals surface area contributed by atoms with E-state index in [1.54, 1.807) is 0 Å². The number of aromatic carboxylic acids is 1. The fourth-order valence-corrected chi connectivity index (χ4v) is 5.35. The number of carboxylic acid groups (broad SMARTS) is 1. The third-order valence-corrected chi connectivity index (χ3v) is 7.25. The molecule has 2 aliphatic heterocycles. The highest BCUT2D eigenvalue weighted by molar-refractivity contribution is 6.05. The van der Waals surface area contributed by atoms with Gasteiger partial charge in [0.05, 0.1) is 16.8 Å². The first kappa shape index (κ1) is 22.0. The van der Waals surface area contributed by atoms with Gasteiger partial charge < -0.3 is 10.0 Å². The van der Waals surface area contributed by atoms with Gasteiger partial charge in [-0.1, -0.05) is 48.5 Å². The number of hydrogen-bond acceptors (Lipinski definition) is 5. The van der Waals surface area contributed by atoms with Crippen molar-refractivity contribution in [2.24, 2.45) is 0 Å². The van der Waals surface area contributed by atoms with Gasteiger partial charge in [0.2, 0.25) is 0 Å². The van der Waals surface area contributed by atoms with Gasteiger partial charge in [-0.05, 0) is 39.0 Å². The van der Waals surface area contributed by atoms with Crippen molar-refractivity contribution in [1.29, 1.82) is 0 Å². The summed E-state index contributed by atoms with van der Waals surface area (Å²) in [7, 11) is 2.20. The van der Waals surface area contributed by atoms with E-state index in [0.717, 1.165) is 48.5 Å². The maximum atomic E-state index is 12.5. The Morgan fingerprint density at radius 1 is 0.939 bits per heavy atom. The highest BCUT2D eigenvalue weighted by Gasteiger charge is 2.28. The SMILES string of the molecule is CN1CCC(N2CCN(Cc3c(-c4ccccc4)nc4ccccc4c3C(=O)O)CC2)CC1. The lowest BCUT2D eigenvalue weighted by molar-refractivity contribution is 0.0610. The molecule has 0 radical (unpaired) electrons. The first-order valence-electron chi connectivity index (χ1n) is 12.0. The molecule has 0 atom stereocenters. The van der Waals surface area contributed by atoms with Gasteiger partial charge in [0.1, 0.15) is 0 Å². The number of para-hydroxylation sites is 1. The summed E-state index contributed by atoms with van der Waals surface area (Å²) in [4.78, 5) is 24.9. The fraction of sp³-hybridized carbons (Fsp3) is 0.407. The predicted molar refractivity (Wildman–Crippen MR) is 132 cm³/mol. The molecule has 6 nitrogen and oxygen atoms in total. The van der Waals surface area contributed by atoms with Crippen LogP contribution in [0.4, 0.5) is 0 Å². The van der Waals surface area contributed by atoms with Crippen LogP contribution >= 0.6 is 0 Å². The van der Waals surface area contributed by atoms with Crippen molar-refractivity contribution >= 4 is 16.9 Å². The summed E-state index contributed by atoms with van der Waals surface area (Å²) < 4.78 is 0. The number of aromatic nitrogens is 1. The number of nitrogens with zero attached hydrogens (tertiary/aromatic N) is 4. The van der Waals surface area contributed by atoms with Crippen molar-refractivity contribution in [3.05, 3.63) is 65.7 Å². The highest BCUT2D eigenvalue weighted by Crippen LogP contribution is 2.32. The van der Waals surface area contributed by atoms with Crippen LogP contribution in [0.2, 0.25) is 0 Å². The molecule has 2 aromatic carbocycles. The van der Waals surface area contributed by atoms with Crippen molar-refractivity contribution in [2.75, 3.05) is 46.3 Å². The van der Waals surface area contributed by atoms with E-state index in [1.165, 1.54) is 25.9 Å². The molecule has 0 bridgehead atoms. The van der Waals surface area contributed by atoms with Crippen LogP contribution in [0.25, 0.3) is 22.2 Å². The average molecular weight is 445 g/mol. The molecule has 2 aliphatic rings. The molecule has 172 valence electrons. The number of rotatable bonds is 5. The lowest BCUT2D eigenvalue weighted by Crippen LogP contribution is -2.52. The first-order chi connectivity index (χ1) is 16.1. The molecular weight excluding hydrogens is 412 g/mol. The smallest absolute Gasteiger partial charge is 0.336 e. The third-order valence-electron chi connectivity index (χ3n) is 7.25. The Morgan fingerprint density at radius 2 is 1.61 bits per heavy atom. The monoisotopic (exact) mass is 444 g/mol. The second-order valence-electron chi connectivity index (χ2n) is 9.35. The second kappa shape index (κ2) is 9.59. The van der Waals surface area contributed by atoms with Gasteiger partial charge in [0.15, 0.2) is 0 Å². The van der Waals surface area contributed by atoms with E-state index in [-0.39, 0.29) is 0 Å². The Bertz CT molecular complexity index is 1120. The summed E-state index contributed by atoms with van der Waals surface area (Å²) in [6.45, 7) is 6.94. The quantitative estimate of drug-likeness (QED) is 0.646. The molecule has 0 aliphatic carbocycles. The molecule has 33 heavy (non-hydrogen) atoms. The number of fused-ring (bicyclic) bond motifs is 1. The number of carboxylic acids is 1. The summed E-state index contributed by atoms with van der Waals surface area (Å²) in [5.74, 6) is -0.884. The minimum Gasteiger partial charge on any atom is -0.478 e. The molecule has 0 amide bonds.